The second kappa shape index (κ2) is 9.03. The Kier molecular flexibility index (Phi) is 6.64. The molecule has 152 valence electrons. The molecule has 3 rings (SSSR count). The highest BCUT2D eigenvalue weighted by Crippen LogP contribution is 2.33. The summed E-state index contributed by atoms with van der Waals surface area (Å²) in [6, 6.07) is 15.8. The van der Waals surface area contributed by atoms with Crippen LogP contribution in [0.25, 0.3) is 11.8 Å². The predicted molar refractivity (Wildman–Crippen MR) is 129 cm³/mol. The number of amides is 1. The first-order valence-electron chi connectivity index (χ1n) is 9.37. The van der Waals surface area contributed by atoms with Crippen molar-refractivity contribution in [3.8, 4) is 11.8 Å². The van der Waals surface area contributed by atoms with Crippen LogP contribution in [0.3, 0.4) is 0 Å². The van der Waals surface area contributed by atoms with Gasteiger partial charge in [-0.15, -0.1) is 0 Å². The van der Waals surface area contributed by atoms with Crippen molar-refractivity contribution in [2.45, 2.75) is 27.7 Å². The minimum absolute atomic E-state index is 0.0488. The first kappa shape index (κ1) is 22.1. The van der Waals surface area contributed by atoms with Crippen LogP contribution in [0.15, 0.2) is 57.0 Å². The predicted octanol–water partition coefficient (Wildman–Crippen LogP) is 6.78. The number of aromatic nitrogens is 1. The van der Waals surface area contributed by atoms with Gasteiger partial charge in [-0.1, -0.05) is 28.1 Å². The van der Waals surface area contributed by atoms with Gasteiger partial charge in [0.2, 0.25) is 0 Å². The van der Waals surface area contributed by atoms with Gasteiger partial charge in [0.1, 0.15) is 11.6 Å². The number of nitrogens with zero attached hydrogens (tertiary/aromatic N) is 2. The molecule has 30 heavy (non-hydrogen) atoms. The zero-order chi connectivity index (χ0) is 22.0. The van der Waals surface area contributed by atoms with Crippen molar-refractivity contribution in [1.82, 2.24) is 4.57 Å². The molecule has 0 bridgehead atoms. The van der Waals surface area contributed by atoms with Crippen molar-refractivity contribution >= 4 is 49.5 Å². The molecule has 0 saturated heterocycles. The van der Waals surface area contributed by atoms with E-state index in [1.807, 2.05) is 76.2 Å². The molecular formula is C24H21Br2N3O. The van der Waals surface area contributed by atoms with Gasteiger partial charge < -0.3 is 9.88 Å². The highest BCUT2D eigenvalue weighted by atomic mass is 79.9. The van der Waals surface area contributed by atoms with Crippen molar-refractivity contribution in [2.75, 3.05) is 5.32 Å². The first-order valence-corrected chi connectivity index (χ1v) is 11.0. The average Bonchev–Trinajstić information content (AvgIpc) is 2.93. The van der Waals surface area contributed by atoms with Crippen molar-refractivity contribution in [3.63, 3.8) is 0 Å². The van der Waals surface area contributed by atoms with Crippen LogP contribution in [0.4, 0.5) is 5.69 Å². The molecule has 0 unspecified atom stereocenters. The Morgan fingerprint density at radius 2 is 1.70 bits per heavy atom. The van der Waals surface area contributed by atoms with E-state index in [9.17, 15) is 10.1 Å². The zero-order valence-corrected chi connectivity index (χ0v) is 20.3. The van der Waals surface area contributed by atoms with Crippen LogP contribution in [0.1, 0.15) is 28.1 Å². The monoisotopic (exact) mass is 525 g/mol. The fourth-order valence-corrected chi connectivity index (χ4v) is 4.18. The molecular weight excluding hydrogens is 506 g/mol. The van der Waals surface area contributed by atoms with Gasteiger partial charge in [-0.05, 0) is 91.2 Å². The van der Waals surface area contributed by atoms with E-state index in [0.717, 1.165) is 42.7 Å². The summed E-state index contributed by atoms with van der Waals surface area (Å²) in [7, 11) is 0. The molecule has 0 aliphatic heterocycles. The lowest BCUT2D eigenvalue weighted by Gasteiger charge is -2.10. The van der Waals surface area contributed by atoms with Gasteiger partial charge in [0, 0.05) is 37.3 Å². The molecule has 0 spiro atoms. The smallest absolute Gasteiger partial charge is 0.266 e. The molecule has 1 N–H and O–H groups in total. The lowest BCUT2D eigenvalue weighted by molar-refractivity contribution is -0.112. The maximum Gasteiger partial charge on any atom is 0.266 e. The van der Waals surface area contributed by atoms with Crippen LogP contribution in [0.2, 0.25) is 0 Å². The van der Waals surface area contributed by atoms with Gasteiger partial charge >= 0.3 is 0 Å². The normalized spacial score (nSPS) is 11.3. The Labute approximate surface area is 193 Å². The van der Waals surface area contributed by atoms with Crippen molar-refractivity contribution in [1.29, 1.82) is 5.26 Å². The molecule has 1 heterocycles. The SMILES string of the molecule is Cc1cccc(NC(=O)/C(C#N)=C\c2c(Br)c(C)n(-c3ccc(Br)cc3)c2C)c1C. The van der Waals surface area contributed by atoms with E-state index in [1.165, 1.54) is 0 Å². The summed E-state index contributed by atoms with van der Waals surface area (Å²) < 4.78 is 3.96. The van der Waals surface area contributed by atoms with Gasteiger partial charge in [0.05, 0.1) is 0 Å². The number of anilines is 1. The summed E-state index contributed by atoms with van der Waals surface area (Å²) >= 11 is 7.10. The Morgan fingerprint density at radius 1 is 1.03 bits per heavy atom. The third-order valence-electron chi connectivity index (χ3n) is 5.21. The molecule has 0 fully saturated rings. The minimum atomic E-state index is -0.424. The van der Waals surface area contributed by atoms with E-state index >= 15 is 0 Å². The molecule has 0 radical (unpaired) electrons. The molecule has 1 aromatic heterocycles. The van der Waals surface area contributed by atoms with Gasteiger partial charge in [0.15, 0.2) is 0 Å². The molecule has 0 aliphatic carbocycles. The van der Waals surface area contributed by atoms with E-state index in [4.69, 9.17) is 0 Å². The van der Waals surface area contributed by atoms with Crippen LogP contribution in [-0.4, -0.2) is 10.5 Å². The lowest BCUT2D eigenvalue weighted by Crippen LogP contribution is -2.14. The number of nitriles is 1. The summed E-state index contributed by atoms with van der Waals surface area (Å²) in [6.45, 7) is 7.91. The summed E-state index contributed by atoms with van der Waals surface area (Å²) in [5.41, 5.74) is 6.57. The lowest BCUT2D eigenvalue weighted by atomic mass is 10.1. The highest BCUT2D eigenvalue weighted by molar-refractivity contribution is 9.10. The van der Waals surface area contributed by atoms with Gasteiger partial charge in [0.25, 0.3) is 5.91 Å². The Bertz CT molecular complexity index is 1200. The molecule has 2 aromatic carbocycles. The third-order valence-corrected chi connectivity index (χ3v) is 6.74. The first-order chi connectivity index (χ1) is 14.2. The number of hydrogen-bond acceptors (Lipinski definition) is 2. The molecule has 0 atom stereocenters. The number of hydrogen-bond donors (Lipinski definition) is 1. The molecule has 6 heteroatoms. The number of nitrogens with one attached hydrogen (secondary N) is 1. The number of carbonyl (C=O) groups is 1. The summed E-state index contributed by atoms with van der Waals surface area (Å²) in [6.07, 6.45) is 1.64. The third kappa shape index (κ3) is 4.28. The number of carbonyl (C=O) groups excluding carboxylic acids is 1. The number of aryl methyl sites for hydroxylation is 1. The van der Waals surface area contributed by atoms with Gasteiger partial charge in [-0.2, -0.15) is 5.26 Å². The van der Waals surface area contributed by atoms with Crippen LogP contribution < -0.4 is 5.32 Å². The van der Waals surface area contributed by atoms with Crippen molar-refractivity contribution in [2.24, 2.45) is 0 Å². The maximum absolute atomic E-state index is 12.8. The van der Waals surface area contributed by atoms with Crippen LogP contribution in [0.5, 0.6) is 0 Å². The Hall–Kier alpha value is -2.62. The van der Waals surface area contributed by atoms with Gasteiger partial charge in [-0.3, -0.25) is 4.79 Å². The zero-order valence-electron chi connectivity index (χ0n) is 17.2. The van der Waals surface area contributed by atoms with Crippen molar-refractivity contribution in [3.05, 3.63) is 85.1 Å². The van der Waals surface area contributed by atoms with Crippen LogP contribution in [-0.2, 0) is 4.79 Å². The van der Waals surface area contributed by atoms with Gasteiger partial charge in [-0.25, -0.2) is 0 Å². The largest absolute Gasteiger partial charge is 0.321 e. The second-order valence-corrected chi connectivity index (χ2v) is 8.79. The standard InChI is InChI=1S/C24H21Br2N3O/c1-14-6-5-7-22(15(14)2)28-24(30)18(13-27)12-21-16(3)29(17(4)23(21)26)20-10-8-19(25)9-11-20/h5-12H,1-4H3,(H,28,30)/b18-12-. The highest BCUT2D eigenvalue weighted by Gasteiger charge is 2.18. The van der Waals surface area contributed by atoms with E-state index in [0.29, 0.717) is 5.69 Å². The summed E-state index contributed by atoms with van der Waals surface area (Å²) in [5.74, 6) is -0.424. The molecule has 0 saturated carbocycles. The summed E-state index contributed by atoms with van der Waals surface area (Å²) in [5, 5.41) is 12.5. The minimum Gasteiger partial charge on any atom is -0.321 e. The average molecular weight is 527 g/mol. The Morgan fingerprint density at radius 3 is 2.33 bits per heavy atom. The van der Waals surface area contributed by atoms with Crippen LogP contribution in [0, 0.1) is 39.0 Å². The molecule has 0 aliphatic rings. The number of halogens is 2. The van der Waals surface area contributed by atoms with E-state index in [1.54, 1.807) is 6.08 Å². The fourth-order valence-electron chi connectivity index (χ4n) is 3.34. The molecule has 3 aromatic rings. The molecule has 1 amide bonds. The number of rotatable bonds is 4. The second-order valence-electron chi connectivity index (χ2n) is 7.08. The van der Waals surface area contributed by atoms with E-state index in [2.05, 4.69) is 41.7 Å². The number of benzene rings is 2. The Balaban J connectivity index is 2.01. The van der Waals surface area contributed by atoms with E-state index in [-0.39, 0.29) is 5.57 Å². The molecule has 4 nitrogen and oxygen atoms in total. The fraction of sp³-hybridized carbons (Fsp3) is 0.167. The van der Waals surface area contributed by atoms with E-state index < -0.39 is 5.91 Å². The quantitative estimate of drug-likeness (QED) is 0.301. The maximum atomic E-state index is 12.8. The topological polar surface area (TPSA) is 57.8 Å². The van der Waals surface area contributed by atoms with Crippen molar-refractivity contribution < 1.29 is 4.79 Å². The summed E-state index contributed by atoms with van der Waals surface area (Å²) in [4.78, 5) is 12.8. The van der Waals surface area contributed by atoms with Crippen LogP contribution >= 0.6 is 31.9 Å².